The lowest BCUT2D eigenvalue weighted by molar-refractivity contribution is -0.136. The van der Waals surface area contributed by atoms with Crippen molar-refractivity contribution in [3.05, 3.63) is 60.2 Å². The minimum Gasteiger partial charge on any atom is -0.495 e. The van der Waals surface area contributed by atoms with Crippen LogP contribution in [0.5, 0.6) is 5.75 Å². The third kappa shape index (κ3) is 3.99. The second kappa shape index (κ2) is 8.78. The zero-order valence-electron chi connectivity index (χ0n) is 17.7. The number of para-hydroxylation sites is 2. The molecule has 0 saturated carbocycles. The fourth-order valence-electron chi connectivity index (χ4n) is 4.50. The molecule has 2 amide bonds. The maximum Gasteiger partial charge on any atom is 0.228 e. The average molecular weight is 408 g/mol. The van der Waals surface area contributed by atoms with Gasteiger partial charge in [0.25, 0.3) is 0 Å². The van der Waals surface area contributed by atoms with Gasteiger partial charge >= 0.3 is 0 Å². The molecule has 0 bridgehead atoms. The third-order valence-corrected chi connectivity index (χ3v) is 6.27. The van der Waals surface area contributed by atoms with Crippen LogP contribution in [0.3, 0.4) is 0 Å². The number of rotatable bonds is 5. The Kier molecular flexibility index (Phi) is 5.93. The minimum absolute atomic E-state index is 0.0149. The Morgan fingerprint density at radius 3 is 2.37 bits per heavy atom. The van der Waals surface area contributed by atoms with Gasteiger partial charge in [-0.3, -0.25) is 9.59 Å². The fraction of sp³-hybridized carbons (Fsp3) is 0.417. The van der Waals surface area contributed by atoms with Crippen molar-refractivity contribution in [2.24, 2.45) is 5.92 Å². The van der Waals surface area contributed by atoms with Crippen molar-refractivity contribution < 1.29 is 14.3 Å². The predicted octanol–water partition coefficient (Wildman–Crippen LogP) is 2.95. The molecule has 2 fully saturated rings. The van der Waals surface area contributed by atoms with Crippen LogP contribution >= 0.6 is 0 Å². The summed E-state index contributed by atoms with van der Waals surface area (Å²) in [5.74, 6) is 0.772. The van der Waals surface area contributed by atoms with E-state index in [1.54, 1.807) is 7.11 Å². The Morgan fingerprint density at radius 1 is 1.00 bits per heavy atom. The van der Waals surface area contributed by atoms with Gasteiger partial charge in [0.05, 0.1) is 24.8 Å². The van der Waals surface area contributed by atoms with E-state index in [0.717, 1.165) is 30.1 Å². The van der Waals surface area contributed by atoms with E-state index in [-0.39, 0.29) is 23.8 Å². The smallest absolute Gasteiger partial charge is 0.228 e. The van der Waals surface area contributed by atoms with Gasteiger partial charge in [-0.25, -0.2) is 0 Å². The summed E-state index contributed by atoms with van der Waals surface area (Å²) in [4.78, 5) is 31.8. The Labute approximate surface area is 178 Å². The normalized spacial score (nSPS) is 20.4. The fourth-order valence-corrected chi connectivity index (χ4v) is 4.50. The van der Waals surface area contributed by atoms with Gasteiger partial charge in [-0.1, -0.05) is 42.5 Å². The highest BCUT2D eigenvalue weighted by Gasteiger charge is 2.39. The van der Waals surface area contributed by atoms with Gasteiger partial charge in [-0.15, -0.1) is 0 Å². The van der Waals surface area contributed by atoms with Crippen LogP contribution in [0.15, 0.2) is 54.6 Å². The second-order valence-electron chi connectivity index (χ2n) is 8.02. The summed E-state index contributed by atoms with van der Waals surface area (Å²) in [5.41, 5.74) is 2.16. The molecule has 158 valence electrons. The van der Waals surface area contributed by atoms with Crippen molar-refractivity contribution in [1.29, 1.82) is 0 Å². The van der Waals surface area contributed by atoms with Crippen LogP contribution < -0.4 is 9.64 Å². The number of ether oxygens (including phenoxy) is 1. The van der Waals surface area contributed by atoms with Gasteiger partial charge in [0.2, 0.25) is 11.8 Å². The van der Waals surface area contributed by atoms with Crippen molar-refractivity contribution in [3.8, 4) is 5.75 Å². The van der Waals surface area contributed by atoms with Crippen LogP contribution in [0.25, 0.3) is 0 Å². The van der Waals surface area contributed by atoms with Crippen LogP contribution in [0.1, 0.15) is 24.9 Å². The average Bonchev–Trinajstić information content (AvgIpc) is 3.20. The highest BCUT2D eigenvalue weighted by atomic mass is 16.5. The Bertz CT molecular complexity index is 894. The molecule has 4 rings (SSSR count). The SMILES string of the molecule is COc1ccccc1N1CCN(C(=O)[C@@H]2CC(=O)N([C@@H](C)c3ccccc3)C2)CC1. The largest absolute Gasteiger partial charge is 0.495 e. The Hall–Kier alpha value is -3.02. The summed E-state index contributed by atoms with van der Waals surface area (Å²) in [6, 6.07) is 18.0. The van der Waals surface area contributed by atoms with Crippen LogP contribution in [0.4, 0.5) is 5.69 Å². The summed E-state index contributed by atoms with van der Waals surface area (Å²) < 4.78 is 5.47. The summed E-state index contributed by atoms with van der Waals surface area (Å²) in [7, 11) is 1.68. The van der Waals surface area contributed by atoms with E-state index in [9.17, 15) is 9.59 Å². The molecule has 2 aromatic carbocycles. The molecule has 0 N–H and O–H groups in total. The van der Waals surface area contributed by atoms with Crippen LogP contribution in [-0.4, -0.2) is 61.4 Å². The molecular weight excluding hydrogens is 378 g/mol. The molecule has 2 aromatic rings. The molecule has 2 aliphatic rings. The molecule has 0 aromatic heterocycles. The van der Waals surface area contributed by atoms with E-state index in [2.05, 4.69) is 11.0 Å². The molecule has 0 radical (unpaired) electrons. The molecule has 2 atom stereocenters. The topological polar surface area (TPSA) is 53.1 Å². The zero-order chi connectivity index (χ0) is 21.1. The number of nitrogens with zero attached hydrogens (tertiary/aromatic N) is 3. The zero-order valence-corrected chi connectivity index (χ0v) is 17.7. The van der Waals surface area contributed by atoms with E-state index in [4.69, 9.17) is 4.74 Å². The van der Waals surface area contributed by atoms with Crippen LogP contribution in [-0.2, 0) is 9.59 Å². The number of carbonyl (C=O) groups excluding carboxylic acids is 2. The molecule has 2 saturated heterocycles. The van der Waals surface area contributed by atoms with Crippen LogP contribution in [0.2, 0.25) is 0 Å². The van der Waals surface area contributed by atoms with Crippen molar-refractivity contribution in [3.63, 3.8) is 0 Å². The van der Waals surface area contributed by atoms with E-state index < -0.39 is 0 Å². The number of likely N-dealkylation sites (tertiary alicyclic amines) is 1. The molecule has 0 spiro atoms. The van der Waals surface area contributed by atoms with Gasteiger partial charge in [0, 0.05) is 39.1 Å². The molecule has 0 unspecified atom stereocenters. The maximum atomic E-state index is 13.1. The van der Waals surface area contributed by atoms with Crippen LogP contribution in [0, 0.1) is 5.92 Å². The molecule has 2 heterocycles. The second-order valence-corrected chi connectivity index (χ2v) is 8.02. The summed E-state index contributed by atoms with van der Waals surface area (Å²) in [6.45, 7) is 5.38. The molecule has 30 heavy (non-hydrogen) atoms. The Morgan fingerprint density at radius 2 is 1.67 bits per heavy atom. The van der Waals surface area contributed by atoms with Crippen molar-refractivity contribution >= 4 is 17.5 Å². The number of methoxy groups -OCH3 is 1. The summed E-state index contributed by atoms with van der Waals surface area (Å²) in [6.07, 6.45) is 0.308. The highest BCUT2D eigenvalue weighted by molar-refractivity contribution is 5.89. The standard InChI is InChI=1S/C24H29N3O3/c1-18(19-8-4-3-5-9-19)27-17-20(16-23(27)28)24(29)26-14-12-25(13-15-26)21-10-6-7-11-22(21)30-2/h3-11,18,20H,12-17H2,1-2H3/t18-,20+/m0/s1. The van der Waals surface area contributed by atoms with Gasteiger partial charge in [0.15, 0.2) is 0 Å². The van der Waals surface area contributed by atoms with Gasteiger partial charge in [0.1, 0.15) is 5.75 Å². The van der Waals surface area contributed by atoms with E-state index in [0.29, 0.717) is 26.1 Å². The number of hydrogen-bond acceptors (Lipinski definition) is 4. The lowest BCUT2D eigenvalue weighted by atomic mass is 10.1. The number of anilines is 1. The van der Waals surface area contributed by atoms with Crippen molar-refractivity contribution in [1.82, 2.24) is 9.80 Å². The van der Waals surface area contributed by atoms with Crippen molar-refractivity contribution in [2.75, 3.05) is 44.7 Å². The van der Waals surface area contributed by atoms with E-state index in [1.165, 1.54) is 0 Å². The minimum atomic E-state index is -0.249. The quantitative estimate of drug-likeness (QED) is 0.765. The molecule has 6 heteroatoms. The number of amides is 2. The summed E-state index contributed by atoms with van der Waals surface area (Å²) >= 11 is 0. The third-order valence-electron chi connectivity index (χ3n) is 6.27. The highest BCUT2D eigenvalue weighted by Crippen LogP contribution is 2.31. The molecule has 6 nitrogen and oxygen atoms in total. The lowest BCUT2D eigenvalue weighted by Crippen LogP contribution is -2.50. The van der Waals surface area contributed by atoms with Gasteiger partial charge < -0.3 is 19.4 Å². The molecule has 2 aliphatic heterocycles. The maximum absolute atomic E-state index is 13.1. The molecular formula is C24H29N3O3. The number of hydrogen-bond donors (Lipinski definition) is 0. The summed E-state index contributed by atoms with van der Waals surface area (Å²) in [5, 5.41) is 0. The van der Waals surface area contributed by atoms with E-state index >= 15 is 0 Å². The first kappa shape index (κ1) is 20.3. The van der Waals surface area contributed by atoms with Crippen molar-refractivity contribution in [2.45, 2.75) is 19.4 Å². The monoisotopic (exact) mass is 407 g/mol. The van der Waals surface area contributed by atoms with Gasteiger partial charge in [-0.2, -0.15) is 0 Å². The lowest BCUT2D eigenvalue weighted by Gasteiger charge is -2.37. The Balaban J connectivity index is 1.36. The number of benzene rings is 2. The number of carbonyl (C=O) groups is 2. The number of piperazine rings is 1. The van der Waals surface area contributed by atoms with Gasteiger partial charge in [-0.05, 0) is 24.6 Å². The molecule has 0 aliphatic carbocycles. The first-order chi connectivity index (χ1) is 14.6. The van der Waals surface area contributed by atoms with E-state index in [1.807, 2.05) is 65.3 Å². The first-order valence-corrected chi connectivity index (χ1v) is 10.6. The first-order valence-electron chi connectivity index (χ1n) is 10.6. The predicted molar refractivity (Wildman–Crippen MR) is 116 cm³/mol.